The summed E-state index contributed by atoms with van der Waals surface area (Å²) in [6.45, 7) is 6.48. The van der Waals surface area contributed by atoms with Crippen LogP contribution in [0.4, 0.5) is 0 Å². The molecule has 2 fully saturated rings. The molecule has 2 aliphatic rings. The maximum atomic E-state index is 11.9. The van der Waals surface area contributed by atoms with E-state index in [1.165, 1.54) is 0 Å². The van der Waals surface area contributed by atoms with Crippen LogP contribution in [-0.2, 0) is 4.79 Å². The van der Waals surface area contributed by atoms with Gasteiger partial charge in [-0.1, -0.05) is 12.1 Å². The SMILES string of the molecule is CC(=O)N1CCCC1C1CCCN1CC(O)COc1cccc(C)c1. The Kier molecular flexibility index (Phi) is 5.97. The van der Waals surface area contributed by atoms with E-state index in [9.17, 15) is 9.90 Å². The first-order valence-electron chi connectivity index (χ1n) is 9.43. The summed E-state index contributed by atoms with van der Waals surface area (Å²) in [7, 11) is 0. The summed E-state index contributed by atoms with van der Waals surface area (Å²) < 4.78 is 5.74. The van der Waals surface area contributed by atoms with Gasteiger partial charge in [-0.2, -0.15) is 0 Å². The summed E-state index contributed by atoms with van der Waals surface area (Å²) in [6.07, 6.45) is 3.90. The van der Waals surface area contributed by atoms with Gasteiger partial charge in [0.2, 0.25) is 5.91 Å². The molecule has 0 aromatic heterocycles. The Balaban J connectivity index is 1.53. The van der Waals surface area contributed by atoms with Crippen molar-refractivity contribution in [2.45, 2.75) is 57.7 Å². The summed E-state index contributed by atoms with van der Waals surface area (Å²) in [5, 5.41) is 10.4. The van der Waals surface area contributed by atoms with Crippen molar-refractivity contribution in [2.24, 2.45) is 0 Å². The van der Waals surface area contributed by atoms with Crippen LogP contribution in [0, 0.1) is 6.92 Å². The van der Waals surface area contributed by atoms with Crippen molar-refractivity contribution in [3.05, 3.63) is 29.8 Å². The van der Waals surface area contributed by atoms with Crippen LogP contribution >= 0.6 is 0 Å². The number of aliphatic hydroxyl groups excluding tert-OH is 1. The van der Waals surface area contributed by atoms with Crippen LogP contribution in [0.15, 0.2) is 24.3 Å². The monoisotopic (exact) mass is 346 g/mol. The fraction of sp³-hybridized carbons (Fsp3) is 0.650. The van der Waals surface area contributed by atoms with Crippen LogP contribution in [0.1, 0.15) is 38.2 Å². The average molecular weight is 346 g/mol. The van der Waals surface area contributed by atoms with Gasteiger partial charge in [0.15, 0.2) is 0 Å². The maximum Gasteiger partial charge on any atom is 0.219 e. The third kappa shape index (κ3) is 4.53. The zero-order valence-electron chi connectivity index (χ0n) is 15.4. The lowest BCUT2D eigenvalue weighted by Crippen LogP contribution is -2.49. The van der Waals surface area contributed by atoms with E-state index in [0.717, 1.165) is 50.1 Å². The molecule has 0 spiro atoms. The van der Waals surface area contributed by atoms with Crippen LogP contribution in [0.5, 0.6) is 5.75 Å². The molecule has 1 N–H and O–H groups in total. The Morgan fingerprint density at radius 3 is 2.80 bits per heavy atom. The molecule has 2 aliphatic heterocycles. The highest BCUT2D eigenvalue weighted by Crippen LogP contribution is 2.30. The highest BCUT2D eigenvalue weighted by molar-refractivity contribution is 5.74. The van der Waals surface area contributed by atoms with Crippen LogP contribution in [-0.4, -0.2) is 65.2 Å². The lowest BCUT2D eigenvalue weighted by Gasteiger charge is -2.35. The molecule has 2 saturated heterocycles. The third-order valence-corrected chi connectivity index (χ3v) is 5.44. The number of benzene rings is 1. The van der Waals surface area contributed by atoms with Crippen molar-refractivity contribution < 1.29 is 14.6 Å². The second-order valence-corrected chi connectivity index (χ2v) is 7.41. The largest absolute Gasteiger partial charge is 0.491 e. The minimum absolute atomic E-state index is 0.178. The third-order valence-electron chi connectivity index (χ3n) is 5.44. The molecule has 3 rings (SSSR count). The molecule has 1 aromatic carbocycles. The molecule has 138 valence electrons. The Morgan fingerprint density at radius 1 is 1.28 bits per heavy atom. The molecular weight excluding hydrogens is 316 g/mol. The molecular formula is C20H30N2O3. The zero-order valence-corrected chi connectivity index (χ0v) is 15.4. The molecule has 0 bridgehead atoms. The van der Waals surface area contributed by atoms with Gasteiger partial charge in [0.05, 0.1) is 0 Å². The Labute approximate surface area is 150 Å². The molecule has 0 aliphatic carbocycles. The van der Waals surface area contributed by atoms with Gasteiger partial charge in [-0.15, -0.1) is 0 Å². The highest BCUT2D eigenvalue weighted by atomic mass is 16.5. The van der Waals surface area contributed by atoms with Crippen molar-refractivity contribution in [3.63, 3.8) is 0 Å². The fourth-order valence-electron chi connectivity index (χ4n) is 4.32. The first kappa shape index (κ1) is 18.2. The van der Waals surface area contributed by atoms with E-state index in [0.29, 0.717) is 25.2 Å². The Hall–Kier alpha value is -1.59. The van der Waals surface area contributed by atoms with E-state index in [-0.39, 0.29) is 5.91 Å². The molecule has 5 nitrogen and oxygen atoms in total. The molecule has 0 saturated carbocycles. The molecule has 3 unspecified atom stereocenters. The van der Waals surface area contributed by atoms with E-state index in [2.05, 4.69) is 4.90 Å². The summed E-state index contributed by atoms with van der Waals surface area (Å²) in [4.78, 5) is 16.3. The van der Waals surface area contributed by atoms with E-state index >= 15 is 0 Å². The molecule has 0 radical (unpaired) electrons. The smallest absolute Gasteiger partial charge is 0.219 e. The van der Waals surface area contributed by atoms with Gasteiger partial charge in [-0.3, -0.25) is 9.69 Å². The molecule has 1 aromatic rings. The number of carbonyl (C=O) groups excluding carboxylic acids is 1. The first-order chi connectivity index (χ1) is 12.0. The zero-order chi connectivity index (χ0) is 17.8. The molecule has 1 amide bonds. The van der Waals surface area contributed by atoms with Crippen molar-refractivity contribution >= 4 is 5.91 Å². The second-order valence-electron chi connectivity index (χ2n) is 7.41. The summed E-state index contributed by atoms with van der Waals surface area (Å²) >= 11 is 0. The minimum atomic E-state index is -0.520. The predicted molar refractivity (Wildman–Crippen MR) is 97.7 cm³/mol. The standard InChI is InChI=1S/C20H30N2O3/c1-15-6-3-7-18(12-15)25-14-17(24)13-21-10-4-8-19(21)20-9-5-11-22(20)16(2)23/h3,6-7,12,17,19-20,24H,4-5,8-11,13-14H2,1-2H3. The van der Waals surface area contributed by atoms with Crippen molar-refractivity contribution in [2.75, 3.05) is 26.2 Å². The average Bonchev–Trinajstić information content (AvgIpc) is 3.21. The number of hydrogen-bond acceptors (Lipinski definition) is 4. The van der Waals surface area contributed by atoms with E-state index < -0.39 is 6.10 Å². The van der Waals surface area contributed by atoms with Gasteiger partial charge in [-0.25, -0.2) is 0 Å². The van der Waals surface area contributed by atoms with Crippen molar-refractivity contribution in [1.82, 2.24) is 9.80 Å². The van der Waals surface area contributed by atoms with Crippen molar-refractivity contribution in [3.8, 4) is 5.75 Å². The van der Waals surface area contributed by atoms with Gasteiger partial charge in [-0.05, 0) is 56.8 Å². The number of β-amino-alcohol motifs (C(OH)–C–C–N with tert-alkyl or cyclic N) is 1. The van der Waals surface area contributed by atoms with Crippen LogP contribution in [0.25, 0.3) is 0 Å². The van der Waals surface area contributed by atoms with Crippen LogP contribution in [0.2, 0.25) is 0 Å². The van der Waals surface area contributed by atoms with E-state index in [1.54, 1.807) is 6.92 Å². The number of nitrogens with zero attached hydrogens (tertiary/aromatic N) is 2. The predicted octanol–water partition coefficient (Wildman–Crippen LogP) is 2.21. The van der Waals surface area contributed by atoms with E-state index in [4.69, 9.17) is 4.74 Å². The summed E-state index contributed by atoms with van der Waals surface area (Å²) in [6, 6.07) is 8.57. The Morgan fingerprint density at radius 2 is 2.04 bits per heavy atom. The lowest BCUT2D eigenvalue weighted by atomic mass is 10.0. The number of carbonyl (C=O) groups is 1. The van der Waals surface area contributed by atoms with Gasteiger partial charge in [0.25, 0.3) is 0 Å². The van der Waals surface area contributed by atoms with Gasteiger partial charge < -0.3 is 14.7 Å². The topological polar surface area (TPSA) is 53.0 Å². The van der Waals surface area contributed by atoms with Gasteiger partial charge >= 0.3 is 0 Å². The number of likely N-dealkylation sites (tertiary alicyclic amines) is 2. The number of aliphatic hydroxyl groups is 1. The van der Waals surface area contributed by atoms with Crippen molar-refractivity contribution in [1.29, 1.82) is 0 Å². The van der Waals surface area contributed by atoms with Crippen LogP contribution in [0.3, 0.4) is 0 Å². The van der Waals surface area contributed by atoms with Gasteiger partial charge in [0.1, 0.15) is 18.5 Å². The highest BCUT2D eigenvalue weighted by Gasteiger charge is 2.39. The number of amides is 1. The van der Waals surface area contributed by atoms with Crippen LogP contribution < -0.4 is 4.74 Å². The number of aryl methyl sites for hydroxylation is 1. The quantitative estimate of drug-likeness (QED) is 0.858. The normalized spacial score (nSPS) is 25.3. The Bertz CT molecular complexity index is 592. The van der Waals surface area contributed by atoms with Gasteiger partial charge in [0, 0.05) is 32.1 Å². The van der Waals surface area contributed by atoms with E-state index in [1.807, 2.05) is 36.1 Å². The first-order valence-corrected chi connectivity index (χ1v) is 9.43. The summed E-state index contributed by atoms with van der Waals surface area (Å²) in [5.41, 5.74) is 1.15. The second kappa shape index (κ2) is 8.19. The summed E-state index contributed by atoms with van der Waals surface area (Å²) in [5.74, 6) is 0.980. The molecule has 3 atom stereocenters. The number of ether oxygens (including phenoxy) is 1. The number of rotatable bonds is 6. The fourth-order valence-corrected chi connectivity index (χ4v) is 4.32. The molecule has 2 heterocycles. The minimum Gasteiger partial charge on any atom is -0.491 e. The lowest BCUT2D eigenvalue weighted by molar-refractivity contribution is -0.130. The number of hydrogen-bond donors (Lipinski definition) is 1. The molecule has 25 heavy (non-hydrogen) atoms. The molecule has 5 heteroatoms. The maximum absolute atomic E-state index is 11.9.